The highest BCUT2D eigenvalue weighted by atomic mass is 35.5. The van der Waals surface area contributed by atoms with Gasteiger partial charge in [0.2, 0.25) is 0 Å². The van der Waals surface area contributed by atoms with E-state index in [1.54, 1.807) is 31.4 Å². The smallest absolute Gasteiger partial charge is 0.334 e. The summed E-state index contributed by atoms with van der Waals surface area (Å²) in [5.74, 6) is 0.688. The number of nitrogens with zero attached hydrogens (tertiary/aromatic N) is 3. The van der Waals surface area contributed by atoms with Gasteiger partial charge in [-0.1, -0.05) is 0 Å². The van der Waals surface area contributed by atoms with Crippen molar-refractivity contribution in [2.24, 2.45) is 0 Å². The third-order valence-corrected chi connectivity index (χ3v) is 4.56. The maximum atomic E-state index is 13.0. The number of carbonyl (C=O) groups excluding carboxylic acids is 1. The summed E-state index contributed by atoms with van der Waals surface area (Å²) in [6.45, 7) is 0. The fourth-order valence-electron chi connectivity index (χ4n) is 2.86. The predicted molar refractivity (Wildman–Crippen MR) is 108 cm³/mol. The molecule has 2 aromatic heterocycles. The first-order valence-corrected chi connectivity index (χ1v) is 8.82. The molecule has 4 rings (SSSR count). The summed E-state index contributed by atoms with van der Waals surface area (Å²) in [4.78, 5) is 47.7. The number of aromatic nitrogens is 4. The Hall–Kier alpha value is -3.78. The normalized spacial score (nSPS) is 10.8. The monoisotopic (exact) mass is 408 g/mol. The molecule has 8 nitrogen and oxygen atoms in total. The molecule has 0 aliphatic carbocycles. The minimum absolute atomic E-state index is 0.00964. The number of halogens is 1. The Labute approximate surface area is 168 Å². The Morgan fingerprint density at radius 2 is 1.76 bits per heavy atom. The van der Waals surface area contributed by atoms with Crippen molar-refractivity contribution in [2.75, 3.05) is 7.11 Å². The molecular formula is C20H13ClN4O4. The molecule has 0 unspecified atom stereocenters. The van der Waals surface area contributed by atoms with Crippen molar-refractivity contribution >= 4 is 28.0 Å². The average Bonchev–Trinajstić information content (AvgIpc) is 2.74. The number of fused-ring (bicyclic) bond motifs is 1. The van der Waals surface area contributed by atoms with E-state index < -0.39 is 16.5 Å². The fourth-order valence-corrected chi connectivity index (χ4v) is 2.99. The maximum Gasteiger partial charge on any atom is 0.334 e. The largest absolute Gasteiger partial charge is 0.497 e. The van der Waals surface area contributed by atoms with E-state index >= 15 is 0 Å². The van der Waals surface area contributed by atoms with Gasteiger partial charge in [-0.25, -0.2) is 19.3 Å². The van der Waals surface area contributed by atoms with Gasteiger partial charge in [0, 0.05) is 11.1 Å². The Morgan fingerprint density at radius 3 is 2.38 bits per heavy atom. The van der Waals surface area contributed by atoms with Crippen molar-refractivity contribution in [2.45, 2.75) is 0 Å². The third kappa shape index (κ3) is 3.41. The first-order valence-electron chi connectivity index (χ1n) is 8.44. The topological polar surface area (TPSA) is 107 Å². The fraction of sp³-hybridized carbons (Fsp3) is 0.0500. The van der Waals surface area contributed by atoms with Crippen LogP contribution >= 0.6 is 11.6 Å². The predicted octanol–water partition coefficient (Wildman–Crippen LogP) is 2.52. The number of methoxy groups -OCH3 is 1. The van der Waals surface area contributed by atoms with E-state index in [0.29, 0.717) is 11.4 Å². The van der Waals surface area contributed by atoms with E-state index in [1.165, 1.54) is 30.5 Å². The van der Waals surface area contributed by atoms with Crippen LogP contribution in [0.4, 0.5) is 0 Å². The van der Waals surface area contributed by atoms with E-state index in [0.717, 1.165) is 10.1 Å². The number of carbonyl (C=O) groups is 1. The highest BCUT2D eigenvalue weighted by Crippen LogP contribution is 2.20. The van der Waals surface area contributed by atoms with Crippen LogP contribution in [0.3, 0.4) is 0 Å². The minimum Gasteiger partial charge on any atom is -0.497 e. The van der Waals surface area contributed by atoms with Gasteiger partial charge in [-0.2, -0.15) is 0 Å². The Bertz CT molecular complexity index is 1340. The Morgan fingerprint density at radius 1 is 1.07 bits per heavy atom. The van der Waals surface area contributed by atoms with Crippen LogP contribution in [0.5, 0.6) is 5.75 Å². The van der Waals surface area contributed by atoms with Crippen LogP contribution in [0.2, 0.25) is 0 Å². The zero-order valence-corrected chi connectivity index (χ0v) is 15.8. The van der Waals surface area contributed by atoms with Gasteiger partial charge in [-0.3, -0.25) is 14.6 Å². The quantitative estimate of drug-likeness (QED) is 0.520. The van der Waals surface area contributed by atoms with Crippen LogP contribution in [0, 0.1) is 0 Å². The summed E-state index contributed by atoms with van der Waals surface area (Å²) in [5.41, 5.74) is 0.534. The van der Waals surface area contributed by atoms with Crippen LogP contribution in [-0.2, 0) is 0 Å². The molecule has 1 N–H and O–H groups in total. The lowest BCUT2D eigenvalue weighted by atomic mass is 10.1. The molecule has 0 radical (unpaired) electrons. The zero-order chi connectivity index (χ0) is 20.5. The molecule has 2 heterocycles. The zero-order valence-electron chi connectivity index (χ0n) is 15.0. The molecule has 2 aromatic carbocycles. The number of benzene rings is 2. The minimum atomic E-state index is -0.668. The van der Waals surface area contributed by atoms with E-state index in [2.05, 4.69) is 15.0 Å². The second kappa shape index (κ2) is 7.33. The summed E-state index contributed by atoms with van der Waals surface area (Å²) in [7, 11) is 1.57. The molecule has 0 saturated carbocycles. The van der Waals surface area contributed by atoms with Gasteiger partial charge < -0.3 is 4.74 Å². The van der Waals surface area contributed by atoms with E-state index in [-0.39, 0.29) is 22.4 Å². The molecule has 0 spiro atoms. The summed E-state index contributed by atoms with van der Waals surface area (Å²) in [6.07, 6.45) is 1.48. The van der Waals surface area contributed by atoms with Gasteiger partial charge in [-0.05, 0) is 60.1 Å². The van der Waals surface area contributed by atoms with Crippen molar-refractivity contribution in [3.05, 3.63) is 81.1 Å². The number of hydrogen-bond donors (Lipinski definition) is 1. The highest BCUT2D eigenvalue weighted by Gasteiger charge is 2.14. The summed E-state index contributed by atoms with van der Waals surface area (Å²) in [5, 5.41) is -0.633. The van der Waals surface area contributed by atoms with E-state index in [1.807, 2.05) is 0 Å². The maximum absolute atomic E-state index is 13.0. The second-order valence-corrected chi connectivity index (χ2v) is 6.42. The molecule has 4 aromatic rings. The second-order valence-electron chi connectivity index (χ2n) is 6.07. The van der Waals surface area contributed by atoms with Crippen molar-refractivity contribution < 1.29 is 9.53 Å². The van der Waals surface area contributed by atoms with E-state index in [9.17, 15) is 14.4 Å². The van der Waals surface area contributed by atoms with Gasteiger partial charge in [-0.15, -0.1) is 0 Å². The average molecular weight is 409 g/mol. The number of H-pyrrole nitrogens is 1. The Kier molecular flexibility index (Phi) is 4.69. The first-order chi connectivity index (χ1) is 14.0. The molecule has 9 heteroatoms. The summed E-state index contributed by atoms with van der Waals surface area (Å²) >= 11 is 5.44. The van der Waals surface area contributed by atoms with Crippen LogP contribution in [-0.4, -0.2) is 31.9 Å². The molecule has 0 fully saturated rings. The number of ether oxygens (including phenoxy) is 1. The molecule has 0 aliphatic rings. The summed E-state index contributed by atoms with van der Waals surface area (Å²) in [6, 6.07) is 12.9. The van der Waals surface area contributed by atoms with Crippen molar-refractivity contribution in [1.29, 1.82) is 0 Å². The van der Waals surface area contributed by atoms with Crippen molar-refractivity contribution in [3.8, 4) is 22.7 Å². The SMILES string of the molecule is COc1ccc(-c2cnc3[nH]c(=O)n(-c4ccc(C(=O)Cl)cc4)c(=O)c3n2)cc1. The standard InChI is InChI=1S/C20H13ClN4O4/c1-29-14-8-4-11(5-9-14)15-10-22-18-16(23-15)19(27)25(20(28)24-18)13-6-2-12(3-7-13)17(21)26/h2-10H,1H3,(H,22,24,28). The molecular weight excluding hydrogens is 396 g/mol. The molecule has 0 aliphatic heterocycles. The van der Waals surface area contributed by atoms with Gasteiger partial charge in [0.15, 0.2) is 11.2 Å². The van der Waals surface area contributed by atoms with Gasteiger partial charge in [0.1, 0.15) is 5.75 Å². The lowest BCUT2D eigenvalue weighted by Gasteiger charge is -2.07. The van der Waals surface area contributed by atoms with Crippen LogP contribution in [0.15, 0.2) is 64.3 Å². The molecule has 29 heavy (non-hydrogen) atoms. The highest BCUT2D eigenvalue weighted by molar-refractivity contribution is 6.67. The van der Waals surface area contributed by atoms with Gasteiger partial charge in [0.05, 0.1) is 24.7 Å². The summed E-state index contributed by atoms with van der Waals surface area (Å²) < 4.78 is 6.06. The van der Waals surface area contributed by atoms with E-state index in [4.69, 9.17) is 16.3 Å². The van der Waals surface area contributed by atoms with Crippen LogP contribution in [0.1, 0.15) is 10.4 Å². The van der Waals surface area contributed by atoms with Crippen LogP contribution < -0.4 is 16.0 Å². The number of aromatic amines is 1. The Balaban J connectivity index is 1.87. The number of rotatable bonds is 4. The first kappa shape index (κ1) is 18.6. The number of nitrogens with one attached hydrogen (secondary N) is 1. The molecule has 0 saturated heterocycles. The lowest BCUT2D eigenvalue weighted by molar-refractivity contribution is 0.108. The molecule has 0 bridgehead atoms. The van der Waals surface area contributed by atoms with Gasteiger partial charge in [0.25, 0.3) is 10.8 Å². The molecule has 0 atom stereocenters. The lowest BCUT2D eigenvalue weighted by Crippen LogP contribution is -2.34. The van der Waals surface area contributed by atoms with Crippen molar-refractivity contribution in [1.82, 2.24) is 19.5 Å². The third-order valence-electron chi connectivity index (χ3n) is 4.34. The van der Waals surface area contributed by atoms with Crippen molar-refractivity contribution in [3.63, 3.8) is 0 Å². The molecule has 144 valence electrons. The van der Waals surface area contributed by atoms with Gasteiger partial charge >= 0.3 is 5.69 Å². The van der Waals surface area contributed by atoms with Crippen LogP contribution in [0.25, 0.3) is 28.1 Å². The molecule has 0 amide bonds. The number of hydrogen-bond acceptors (Lipinski definition) is 6.